The van der Waals surface area contributed by atoms with Crippen molar-refractivity contribution in [3.63, 3.8) is 0 Å². The largest absolute Gasteiger partial charge is 0.458 e. The molecule has 0 saturated heterocycles. The van der Waals surface area contributed by atoms with Crippen LogP contribution in [-0.4, -0.2) is 51.3 Å². The number of hydrogen-bond donors (Lipinski definition) is 4. The van der Waals surface area contributed by atoms with E-state index in [1.54, 1.807) is 19.9 Å². The van der Waals surface area contributed by atoms with E-state index in [2.05, 4.69) is 10.6 Å². The fraction of sp³-hybridized carbons (Fsp3) is 0.469. The molecule has 13 heteroatoms. The number of carbonyl (C=O) groups excluding carboxylic acids is 3. The zero-order chi connectivity index (χ0) is 31.8. The normalized spacial score (nSPS) is 22.2. The van der Waals surface area contributed by atoms with Gasteiger partial charge in [-0.1, -0.05) is 6.92 Å². The van der Waals surface area contributed by atoms with E-state index in [4.69, 9.17) is 20.2 Å². The highest BCUT2D eigenvalue weighted by atomic mass is 19.1. The Morgan fingerprint density at radius 3 is 2.71 bits per heavy atom. The van der Waals surface area contributed by atoms with Gasteiger partial charge in [0.2, 0.25) is 5.91 Å². The third-order valence-corrected chi connectivity index (χ3v) is 10.1. The van der Waals surface area contributed by atoms with Gasteiger partial charge in [-0.05, 0) is 68.2 Å². The number of amides is 2. The molecule has 2 aromatic heterocycles. The van der Waals surface area contributed by atoms with Crippen LogP contribution in [0, 0.1) is 12.7 Å². The molecule has 2 amide bonds. The molecule has 2 atom stereocenters. The zero-order valence-corrected chi connectivity index (χ0v) is 25.0. The first-order chi connectivity index (χ1) is 21.5. The minimum atomic E-state index is -1.98. The third-order valence-electron chi connectivity index (χ3n) is 10.1. The van der Waals surface area contributed by atoms with Gasteiger partial charge < -0.3 is 35.5 Å². The third kappa shape index (κ3) is 4.24. The van der Waals surface area contributed by atoms with E-state index in [0.717, 1.165) is 22.9 Å². The Balaban J connectivity index is 1.35. The van der Waals surface area contributed by atoms with E-state index in [1.165, 1.54) is 10.6 Å². The number of benzene rings is 1. The molecule has 4 aliphatic rings. The van der Waals surface area contributed by atoms with Gasteiger partial charge in [-0.3, -0.25) is 14.4 Å². The van der Waals surface area contributed by atoms with Crippen LogP contribution < -0.4 is 21.9 Å². The number of carbonyl (C=O) groups is 3. The summed E-state index contributed by atoms with van der Waals surface area (Å²) < 4.78 is 27.8. The first kappa shape index (κ1) is 29.5. The number of aryl methyl sites for hydroxylation is 1. The highest BCUT2D eigenvalue weighted by molar-refractivity contribution is 5.94. The average Bonchev–Trinajstić information content (AvgIpc) is 3.38. The van der Waals surface area contributed by atoms with Crippen molar-refractivity contribution in [3.05, 3.63) is 61.7 Å². The van der Waals surface area contributed by atoms with Crippen molar-refractivity contribution in [2.24, 2.45) is 5.73 Å². The van der Waals surface area contributed by atoms with Crippen molar-refractivity contribution in [1.82, 2.24) is 20.2 Å². The Morgan fingerprint density at radius 1 is 1.24 bits per heavy atom. The number of rotatable bonds is 7. The second-order valence-corrected chi connectivity index (χ2v) is 12.3. The van der Waals surface area contributed by atoms with Crippen molar-refractivity contribution in [2.75, 3.05) is 13.3 Å². The number of cyclic esters (lactones) is 1. The summed E-state index contributed by atoms with van der Waals surface area (Å²) in [6, 6.07) is 2.50. The molecule has 12 nitrogen and oxygen atoms in total. The zero-order valence-electron chi connectivity index (χ0n) is 25.0. The molecular formula is C32H34FN5O7. The van der Waals surface area contributed by atoms with E-state index in [0.29, 0.717) is 53.7 Å². The number of fused-ring (bicyclic) bond motifs is 5. The molecule has 236 valence electrons. The van der Waals surface area contributed by atoms with Gasteiger partial charge in [0.1, 0.15) is 24.8 Å². The van der Waals surface area contributed by atoms with Crippen LogP contribution >= 0.6 is 0 Å². The number of aliphatic hydroxyl groups is 1. The van der Waals surface area contributed by atoms with E-state index >= 15 is 4.39 Å². The summed E-state index contributed by atoms with van der Waals surface area (Å²) >= 11 is 0. The van der Waals surface area contributed by atoms with Crippen LogP contribution in [0.25, 0.3) is 22.3 Å². The number of pyridine rings is 2. The predicted molar refractivity (Wildman–Crippen MR) is 158 cm³/mol. The Labute approximate surface area is 257 Å². The molecule has 45 heavy (non-hydrogen) atoms. The lowest BCUT2D eigenvalue weighted by Gasteiger charge is -2.41. The standard InChI is InChI=1S/C32H34FN5O7/c1-3-32(43)19-9-23-27-17(12-38(23)28(40)18(19)13-44-30(32)42)26-21(6-5-16-15(2)20(33)10-22(36-27)25(16)26)37-29(41)31(7-4-8-31)45-14-35-24(39)11-34/h9-10,21,43H,3-8,11-14,34H2,1-2H3,(H,35,39)(H,37,41)/t21-,32-/m0/s1. The number of aromatic nitrogens is 2. The fourth-order valence-electron chi connectivity index (χ4n) is 7.25. The van der Waals surface area contributed by atoms with Crippen molar-refractivity contribution < 1.29 is 33.4 Å². The van der Waals surface area contributed by atoms with E-state index in [9.17, 15) is 24.3 Å². The molecule has 2 aliphatic heterocycles. The van der Waals surface area contributed by atoms with Crippen molar-refractivity contribution in [3.8, 4) is 11.4 Å². The lowest BCUT2D eigenvalue weighted by Crippen LogP contribution is -2.56. The van der Waals surface area contributed by atoms with Crippen molar-refractivity contribution in [2.45, 2.75) is 82.8 Å². The van der Waals surface area contributed by atoms with Crippen LogP contribution in [-0.2, 0) is 49.0 Å². The first-order valence-electron chi connectivity index (χ1n) is 15.3. The van der Waals surface area contributed by atoms with Crippen LogP contribution in [0.5, 0.6) is 0 Å². The van der Waals surface area contributed by atoms with E-state index in [-0.39, 0.29) is 49.9 Å². The highest BCUT2D eigenvalue weighted by Gasteiger charge is 2.48. The molecule has 0 spiro atoms. The summed E-state index contributed by atoms with van der Waals surface area (Å²) in [5, 5.41) is 17.7. The number of nitrogens with two attached hydrogens (primary N) is 1. The number of halogens is 1. The number of esters is 1. The average molecular weight is 620 g/mol. The molecule has 0 unspecified atom stereocenters. The Hall–Kier alpha value is -4.20. The summed E-state index contributed by atoms with van der Waals surface area (Å²) in [4.78, 5) is 56.7. The first-order valence-corrected chi connectivity index (χ1v) is 15.3. The van der Waals surface area contributed by atoms with Crippen molar-refractivity contribution in [1.29, 1.82) is 0 Å². The van der Waals surface area contributed by atoms with Crippen LogP contribution in [0.3, 0.4) is 0 Å². The molecule has 4 heterocycles. The van der Waals surface area contributed by atoms with Crippen LogP contribution in [0.1, 0.15) is 78.5 Å². The maximum atomic E-state index is 15.2. The number of nitrogens with zero attached hydrogens (tertiary/aromatic N) is 2. The lowest BCUT2D eigenvalue weighted by atomic mass is 9.77. The second-order valence-electron chi connectivity index (χ2n) is 12.3. The lowest BCUT2D eigenvalue weighted by molar-refractivity contribution is -0.172. The number of nitrogens with one attached hydrogen (secondary N) is 2. The van der Waals surface area contributed by atoms with Gasteiger partial charge in [0.25, 0.3) is 11.5 Å². The predicted octanol–water partition coefficient (Wildman–Crippen LogP) is 1.60. The van der Waals surface area contributed by atoms with Crippen LogP contribution in [0.15, 0.2) is 16.9 Å². The van der Waals surface area contributed by atoms with E-state index in [1.807, 2.05) is 0 Å². The van der Waals surface area contributed by atoms with Gasteiger partial charge in [0.05, 0.1) is 41.6 Å². The maximum absolute atomic E-state index is 15.2. The topological polar surface area (TPSA) is 175 Å². The molecule has 0 radical (unpaired) electrons. The molecule has 1 aromatic carbocycles. The quantitative estimate of drug-likeness (QED) is 0.177. The Morgan fingerprint density at radius 2 is 2.02 bits per heavy atom. The van der Waals surface area contributed by atoms with Gasteiger partial charge in [-0.25, -0.2) is 14.2 Å². The summed E-state index contributed by atoms with van der Waals surface area (Å²) in [6.07, 6.45) is 2.76. The van der Waals surface area contributed by atoms with Gasteiger partial charge in [0, 0.05) is 22.6 Å². The highest BCUT2D eigenvalue weighted by Crippen LogP contribution is 2.46. The monoisotopic (exact) mass is 619 g/mol. The van der Waals surface area contributed by atoms with Gasteiger partial charge >= 0.3 is 5.97 Å². The van der Waals surface area contributed by atoms with Crippen LogP contribution in [0.2, 0.25) is 0 Å². The Bertz CT molecular complexity index is 1880. The molecule has 0 bridgehead atoms. The maximum Gasteiger partial charge on any atom is 0.343 e. The molecule has 3 aromatic rings. The smallest absolute Gasteiger partial charge is 0.343 e. The summed E-state index contributed by atoms with van der Waals surface area (Å²) in [6.45, 7) is 2.91. The van der Waals surface area contributed by atoms with Gasteiger partial charge in [0.15, 0.2) is 5.60 Å². The minimum Gasteiger partial charge on any atom is -0.458 e. The molecule has 1 fully saturated rings. The minimum absolute atomic E-state index is 0.00661. The Kier molecular flexibility index (Phi) is 6.84. The van der Waals surface area contributed by atoms with E-state index < -0.39 is 40.5 Å². The molecule has 2 aliphatic carbocycles. The van der Waals surface area contributed by atoms with Crippen molar-refractivity contribution >= 4 is 28.7 Å². The SMILES string of the molecule is CC[C@@]1(O)C(=O)OCc2c1cc1n(c2=O)Cc2c-1nc1cc(F)c(C)c3c1c2[C@@H](NC(=O)C1(OCNC(=O)CN)CCC1)CC3. The molecule has 1 saturated carbocycles. The van der Waals surface area contributed by atoms with Gasteiger partial charge in [-0.15, -0.1) is 0 Å². The summed E-state index contributed by atoms with van der Waals surface area (Å²) in [5.41, 5.74) is 6.28. The van der Waals surface area contributed by atoms with Gasteiger partial charge in [-0.2, -0.15) is 0 Å². The fourth-order valence-corrected chi connectivity index (χ4v) is 7.25. The number of hydrogen-bond acceptors (Lipinski definition) is 9. The summed E-state index contributed by atoms with van der Waals surface area (Å²) in [5.74, 6) is -1.92. The van der Waals surface area contributed by atoms with Crippen LogP contribution in [0.4, 0.5) is 4.39 Å². The molecular weight excluding hydrogens is 585 g/mol. The second kappa shape index (κ2) is 10.4. The summed E-state index contributed by atoms with van der Waals surface area (Å²) in [7, 11) is 0. The number of ether oxygens (including phenoxy) is 2. The molecule has 7 rings (SSSR count). The molecule has 5 N–H and O–H groups in total.